The van der Waals surface area contributed by atoms with Crippen molar-refractivity contribution in [3.8, 4) is 0 Å². The highest BCUT2D eigenvalue weighted by Crippen LogP contribution is 2.40. The van der Waals surface area contributed by atoms with Crippen molar-refractivity contribution >= 4 is 12.1 Å². The van der Waals surface area contributed by atoms with E-state index in [0.717, 1.165) is 12.0 Å². The molecule has 2 rings (SSSR count). The molecule has 1 aromatic carbocycles. The van der Waals surface area contributed by atoms with Crippen molar-refractivity contribution in [2.24, 2.45) is 11.8 Å². The predicted molar refractivity (Wildman–Crippen MR) is 91.3 cm³/mol. The quantitative estimate of drug-likeness (QED) is 0.746. The van der Waals surface area contributed by atoms with Gasteiger partial charge < -0.3 is 14.4 Å². The van der Waals surface area contributed by atoms with Crippen LogP contribution in [0.5, 0.6) is 0 Å². The van der Waals surface area contributed by atoms with Crippen molar-refractivity contribution in [1.82, 2.24) is 4.90 Å². The summed E-state index contributed by atoms with van der Waals surface area (Å²) in [6.07, 6.45) is 0.424. The summed E-state index contributed by atoms with van der Waals surface area (Å²) in [5, 5.41) is 0. The third kappa shape index (κ3) is 5.55. The molecule has 1 amide bonds. The molecule has 0 aliphatic heterocycles. The maximum Gasteiger partial charge on any atom is 0.410 e. The lowest BCUT2D eigenvalue weighted by Crippen LogP contribution is -2.38. The molecule has 0 heterocycles. The van der Waals surface area contributed by atoms with Gasteiger partial charge in [0.05, 0.1) is 12.5 Å². The molecule has 1 aromatic rings. The Bertz CT molecular complexity index is 564. The van der Waals surface area contributed by atoms with Crippen LogP contribution in [0, 0.1) is 11.8 Å². The predicted octanol–water partition coefficient (Wildman–Crippen LogP) is 3.62. The summed E-state index contributed by atoms with van der Waals surface area (Å²) < 4.78 is 10.6. The van der Waals surface area contributed by atoms with Gasteiger partial charge >= 0.3 is 12.1 Å². The number of amides is 1. The Hall–Kier alpha value is -2.04. The normalized spacial score (nSPS) is 19.5. The maximum absolute atomic E-state index is 12.5. The van der Waals surface area contributed by atoms with Crippen LogP contribution in [-0.2, 0) is 20.8 Å². The molecule has 0 N–H and O–H groups in total. The van der Waals surface area contributed by atoms with Gasteiger partial charge in [-0.3, -0.25) is 4.79 Å². The molecule has 0 aromatic heterocycles. The van der Waals surface area contributed by atoms with Gasteiger partial charge in [-0.25, -0.2) is 4.79 Å². The fraction of sp³-hybridized carbons (Fsp3) is 0.579. The van der Waals surface area contributed by atoms with Crippen molar-refractivity contribution in [2.75, 3.05) is 13.2 Å². The molecule has 5 heteroatoms. The molecule has 5 nitrogen and oxygen atoms in total. The van der Waals surface area contributed by atoms with Crippen LogP contribution >= 0.6 is 0 Å². The van der Waals surface area contributed by atoms with E-state index in [2.05, 4.69) is 0 Å². The fourth-order valence-corrected chi connectivity index (χ4v) is 2.60. The van der Waals surface area contributed by atoms with Gasteiger partial charge in [0, 0.05) is 13.1 Å². The van der Waals surface area contributed by atoms with Crippen molar-refractivity contribution in [1.29, 1.82) is 0 Å². The van der Waals surface area contributed by atoms with Gasteiger partial charge in [-0.2, -0.15) is 0 Å². The second-order valence-electron chi connectivity index (χ2n) is 7.20. The smallest absolute Gasteiger partial charge is 0.410 e. The number of nitrogens with zero attached hydrogens (tertiary/aromatic N) is 1. The minimum absolute atomic E-state index is 0.0920. The molecular weight excluding hydrogens is 306 g/mol. The zero-order chi connectivity index (χ0) is 17.7. The third-order valence-electron chi connectivity index (χ3n) is 3.83. The molecule has 0 spiro atoms. The molecule has 0 radical (unpaired) electrons. The molecule has 2 unspecified atom stereocenters. The van der Waals surface area contributed by atoms with Crippen LogP contribution in [0.1, 0.15) is 39.7 Å². The summed E-state index contributed by atoms with van der Waals surface area (Å²) in [5.41, 5.74) is 0.493. The third-order valence-corrected chi connectivity index (χ3v) is 3.83. The van der Waals surface area contributed by atoms with Crippen LogP contribution in [0.15, 0.2) is 30.3 Å². The van der Waals surface area contributed by atoms with E-state index in [4.69, 9.17) is 9.47 Å². The van der Waals surface area contributed by atoms with E-state index < -0.39 is 5.60 Å². The van der Waals surface area contributed by atoms with Crippen LogP contribution < -0.4 is 0 Å². The lowest BCUT2D eigenvalue weighted by atomic mass is 10.2. The lowest BCUT2D eigenvalue weighted by molar-refractivity contribution is -0.145. The van der Waals surface area contributed by atoms with Gasteiger partial charge in [-0.15, -0.1) is 0 Å². The average Bonchev–Trinajstić information content (AvgIpc) is 3.25. The van der Waals surface area contributed by atoms with E-state index in [9.17, 15) is 9.59 Å². The SMILES string of the molecule is CCOC(=O)C1CC1CN(Cc1ccccc1)C(=O)OC(C)(C)C. The monoisotopic (exact) mass is 333 g/mol. The zero-order valence-electron chi connectivity index (χ0n) is 15.0. The number of hydrogen-bond acceptors (Lipinski definition) is 4. The molecule has 132 valence electrons. The summed E-state index contributed by atoms with van der Waals surface area (Å²) >= 11 is 0. The molecule has 24 heavy (non-hydrogen) atoms. The first kappa shape index (κ1) is 18.3. The van der Waals surface area contributed by atoms with Crippen LogP contribution in [0.3, 0.4) is 0 Å². The molecule has 1 aliphatic carbocycles. The number of esters is 1. The zero-order valence-corrected chi connectivity index (χ0v) is 15.0. The van der Waals surface area contributed by atoms with Gasteiger partial charge in [0.2, 0.25) is 0 Å². The highest BCUT2D eigenvalue weighted by atomic mass is 16.6. The number of carbonyl (C=O) groups is 2. The Morgan fingerprint density at radius 3 is 2.46 bits per heavy atom. The van der Waals surface area contributed by atoms with E-state index in [1.165, 1.54) is 0 Å². The Balaban J connectivity index is 2.01. The molecular formula is C19H27NO4. The van der Waals surface area contributed by atoms with Crippen LogP contribution in [0.4, 0.5) is 4.79 Å². The summed E-state index contributed by atoms with van der Waals surface area (Å²) in [6.45, 7) is 8.73. The van der Waals surface area contributed by atoms with E-state index in [1.807, 2.05) is 51.1 Å². The maximum atomic E-state index is 12.5. The highest BCUT2D eigenvalue weighted by molar-refractivity contribution is 5.76. The molecule has 1 fully saturated rings. The standard InChI is InChI=1S/C19H27NO4/c1-5-23-17(21)16-11-15(16)13-20(18(22)24-19(2,3)4)12-14-9-7-6-8-10-14/h6-10,15-16H,5,11-13H2,1-4H3. The van der Waals surface area contributed by atoms with E-state index >= 15 is 0 Å². The van der Waals surface area contributed by atoms with Crippen molar-refractivity contribution in [3.05, 3.63) is 35.9 Å². The van der Waals surface area contributed by atoms with Crippen LogP contribution in [-0.4, -0.2) is 35.7 Å². The minimum atomic E-state index is -0.546. The van der Waals surface area contributed by atoms with Crippen molar-refractivity contribution < 1.29 is 19.1 Å². The van der Waals surface area contributed by atoms with Crippen molar-refractivity contribution in [2.45, 2.75) is 46.3 Å². The summed E-state index contributed by atoms with van der Waals surface area (Å²) in [5.74, 6) is -0.0997. The van der Waals surface area contributed by atoms with E-state index in [-0.39, 0.29) is 23.9 Å². The summed E-state index contributed by atoms with van der Waals surface area (Å²) in [7, 11) is 0. The van der Waals surface area contributed by atoms with Crippen molar-refractivity contribution in [3.63, 3.8) is 0 Å². The van der Waals surface area contributed by atoms with Gasteiger partial charge in [-0.1, -0.05) is 30.3 Å². The topological polar surface area (TPSA) is 55.8 Å². The lowest BCUT2D eigenvalue weighted by Gasteiger charge is -2.27. The molecule has 0 bridgehead atoms. The molecule has 1 saturated carbocycles. The number of hydrogen-bond donors (Lipinski definition) is 0. The first-order chi connectivity index (χ1) is 11.3. The van der Waals surface area contributed by atoms with Gasteiger partial charge in [0.1, 0.15) is 5.60 Å². The van der Waals surface area contributed by atoms with Crippen LogP contribution in [0.25, 0.3) is 0 Å². The Labute approximate surface area is 143 Å². The van der Waals surface area contributed by atoms with Gasteiger partial charge in [0.25, 0.3) is 0 Å². The van der Waals surface area contributed by atoms with Gasteiger partial charge in [-0.05, 0) is 45.6 Å². The number of rotatable bonds is 6. The summed E-state index contributed by atoms with van der Waals surface area (Å²) in [6, 6.07) is 9.79. The Morgan fingerprint density at radius 1 is 1.21 bits per heavy atom. The number of benzene rings is 1. The first-order valence-electron chi connectivity index (χ1n) is 8.48. The van der Waals surface area contributed by atoms with Crippen LogP contribution in [0.2, 0.25) is 0 Å². The second-order valence-corrected chi connectivity index (χ2v) is 7.20. The minimum Gasteiger partial charge on any atom is -0.466 e. The Kier molecular flexibility index (Phi) is 5.86. The Morgan fingerprint density at radius 2 is 1.88 bits per heavy atom. The fourth-order valence-electron chi connectivity index (χ4n) is 2.60. The first-order valence-corrected chi connectivity index (χ1v) is 8.48. The highest BCUT2D eigenvalue weighted by Gasteiger charge is 2.45. The van der Waals surface area contributed by atoms with E-state index in [0.29, 0.717) is 19.7 Å². The molecule has 0 saturated heterocycles. The van der Waals surface area contributed by atoms with E-state index in [1.54, 1.807) is 11.8 Å². The summed E-state index contributed by atoms with van der Waals surface area (Å²) in [4.78, 5) is 26.0. The molecule has 2 atom stereocenters. The molecule has 1 aliphatic rings. The number of carbonyl (C=O) groups excluding carboxylic acids is 2. The average molecular weight is 333 g/mol. The second kappa shape index (κ2) is 7.69. The largest absolute Gasteiger partial charge is 0.466 e. The van der Waals surface area contributed by atoms with Gasteiger partial charge in [0.15, 0.2) is 0 Å². The number of ether oxygens (including phenoxy) is 2.